The minimum atomic E-state index is 0.188. The first-order valence-corrected chi connectivity index (χ1v) is 6.53. The molecule has 0 saturated carbocycles. The van der Waals surface area contributed by atoms with Crippen molar-refractivity contribution in [2.75, 3.05) is 0 Å². The van der Waals surface area contributed by atoms with Crippen molar-refractivity contribution in [2.45, 2.75) is 52.1 Å². The lowest BCUT2D eigenvalue weighted by atomic mass is 9.95. The van der Waals surface area contributed by atoms with E-state index in [0.717, 1.165) is 6.54 Å². The standard InChI is InChI=1S/C16H25N/c1-5-7-13-16(3,4)17(6-2)14-15-11-9-8-10-12-15/h6,8-12H,2,5,7,13-14H2,1,3-4H3. The second-order valence-electron chi connectivity index (χ2n) is 5.21. The van der Waals surface area contributed by atoms with Gasteiger partial charge < -0.3 is 4.90 Å². The summed E-state index contributed by atoms with van der Waals surface area (Å²) in [6, 6.07) is 10.6. The number of rotatable bonds is 7. The Morgan fingerprint density at radius 2 is 1.88 bits per heavy atom. The van der Waals surface area contributed by atoms with E-state index in [1.54, 1.807) is 0 Å². The van der Waals surface area contributed by atoms with E-state index in [0.29, 0.717) is 0 Å². The third-order valence-corrected chi connectivity index (χ3v) is 3.34. The summed E-state index contributed by atoms with van der Waals surface area (Å²) in [5, 5.41) is 0. The molecule has 0 heterocycles. The van der Waals surface area contributed by atoms with Gasteiger partial charge in [-0.2, -0.15) is 0 Å². The van der Waals surface area contributed by atoms with Gasteiger partial charge in [0.2, 0.25) is 0 Å². The van der Waals surface area contributed by atoms with Crippen LogP contribution in [-0.4, -0.2) is 10.4 Å². The highest BCUT2D eigenvalue weighted by Gasteiger charge is 2.22. The van der Waals surface area contributed by atoms with E-state index in [9.17, 15) is 0 Å². The fourth-order valence-electron chi connectivity index (χ4n) is 2.06. The molecule has 0 bridgehead atoms. The van der Waals surface area contributed by atoms with Crippen molar-refractivity contribution in [1.29, 1.82) is 0 Å². The van der Waals surface area contributed by atoms with Crippen molar-refractivity contribution in [1.82, 2.24) is 4.90 Å². The Morgan fingerprint density at radius 3 is 2.41 bits per heavy atom. The van der Waals surface area contributed by atoms with E-state index in [4.69, 9.17) is 0 Å². The molecule has 0 saturated heterocycles. The molecule has 0 aromatic heterocycles. The van der Waals surface area contributed by atoms with Gasteiger partial charge in [-0.3, -0.25) is 0 Å². The quantitative estimate of drug-likeness (QED) is 0.663. The summed E-state index contributed by atoms with van der Waals surface area (Å²) in [5.74, 6) is 0. The second kappa shape index (κ2) is 6.48. The van der Waals surface area contributed by atoms with Crippen LogP contribution in [0.25, 0.3) is 0 Å². The zero-order chi connectivity index (χ0) is 12.7. The minimum Gasteiger partial charge on any atom is -0.369 e. The molecule has 0 fully saturated rings. The molecule has 1 heteroatoms. The Labute approximate surface area is 106 Å². The van der Waals surface area contributed by atoms with Gasteiger partial charge in [0.15, 0.2) is 0 Å². The van der Waals surface area contributed by atoms with Crippen LogP contribution in [0.1, 0.15) is 45.6 Å². The van der Waals surface area contributed by atoms with Crippen molar-refractivity contribution in [3.63, 3.8) is 0 Å². The highest BCUT2D eigenvalue weighted by molar-refractivity contribution is 5.15. The Balaban J connectivity index is 2.67. The molecule has 0 aliphatic rings. The van der Waals surface area contributed by atoms with Crippen LogP contribution in [0.15, 0.2) is 43.1 Å². The molecule has 17 heavy (non-hydrogen) atoms. The fraction of sp³-hybridized carbons (Fsp3) is 0.500. The van der Waals surface area contributed by atoms with Crippen LogP contribution < -0.4 is 0 Å². The molecule has 0 amide bonds. The summed E-state index contributed by atoms with van der Waals surface area (Å²) in [6.07, 6.45) is 5.71. The molecule has 1 aromatic rings. The first kappa shape index (κ1) is 13.8. The van der Waals surface area contributed by atoms with E-state index in [-0.39, 0.29) is 5.54 Å². The molecular formula is C16H25N. The maximum absolute atomic E-state index is 3.96. The van der Waals surface area contributed by atoms with Crippen molar-refractivity contribution in [3.8, 4) is 0 Å². The van der Waals surface area contributed by atoms with Gasteiger partial charge >= 0.3 is 0 Å². The van der Waals surface area contributed by atoms with Crippen molar-refractivity contribution < 1.29 is 0 Å². The number of nitrogens with zero attached hydrogens (tertiary/aromatic N) is 1. The molecule has 0 aliphatic heterocycles. The molecule has 1 rings (SSSR count). The first-order valence-electron chi connectivity index (χ1n) is 6.53. The lowest BCUT2D eigenvalue weighted by Gasteiger charge is -2.38. The number of benzene rings is 1. The van der Waals surface area contributed by atoms with Crippen LogP contribution in [-0.2, 0) is 6.54 Å². The van der Waals surface area contributed by atoms with E-state index >= 15 is 0 Å². The number of hydrogen-bond acceptors (Lipinski definition) is 1. The summed E-state index contributed by atoms with van der Waals surface area (Å²) in [6.45, 7) is 11.7. The molecule has 0 aliphatic carbocycles. The third-order valence-electron chi connectivity index (χ3n) is 3.34. The molecule has 0 radical (unpaired) electrons. The number of hydrogen-bond donors (Lipinski definition) is 0. The largest absolute Gasteiger partial charge is 0.369 e. The predicted molar refractivity (Wildman–Crippen MR) is 75.8 cm³/mol. The van der Waals surface area contributed by atoms with Gasteiger partial charge in [-0.05, 0) is 32.0 Å². The minimum absolute atomic E-state index is 0.188. The maximum atomic E-state index is 3.96. The number of unbranched alkanes of at least 4 members (excludes halogenated alkanes) is 1. The summed E-state index contributed by atoms with van der Waals surface area (Å²) >= 11 is 0. The van der Waals surface area contributed by atoms with Gasteiger partial charge in [-0.25, -0.2) is 0 Å². The van der Waals surface area contributed by atoms with Crippen LogP contribution in [0, 0.1) is 0 Å². The molecule has 0 N–H and O–H groups in total. The lowest BCUT2D eigenvalue weighted by Crippen LogP contribution is -2.39. The van der Waals surface area contributed by atoms with E-state index in [1.165, 1.54) is 24.8 Å². The van der Waals surface area contributed by atoms with Crippen LogP contribution in [0.5, 0.6) is 0 Å². The Bertz CT molecular complexity index is 327. The normalized spacial score (nSPS) is 11.2. The van der Waals surface area contributed by atoms with E-state index in [2.05, 4.69) is 62.6 Å². The van der Waals surface area contributed by atoms with Crippen molar-refractivity contribution in [3.05, 3.63) is 48.7 Å². The predicted octanol–water partition coefficient (Wildman–Crippen LogP) is 4.60. The van der Waals surface area contributed by atoms with Crippen LogP contribution >= 0.6 is 0 Å². The van der Waals surface area contributed by atoms with Crippen molar-refractivity contribution >= 4 is 0 Å². The van der Waals surface area contributed by atoms with Gasteiger partial charge in [0.1, 0.15) is 0 Å². The molecular weight excluding hydrogens is 206 g/mol. The lowest BCUT2D eigenvalue weighted by molar-refractivity contribution is 0.161. The average Bonchev–Trinajstić information content (AvgIpc) is 2.34. The highest BCUT2D eigenvalue weighted by atomic mass is 15.2. The zero-order valence-corrected chi connectivity index (χ0v) is 11.4. The topological polar surface area (TPSA) is 3.24 Å². The van der Waals surface area contributed by atoms with Gasteiger partial charge in [-0.1, -0.05) is 56.7 Å². The smallest absolute Gasteiger partial charge is 0.0429 e. The van der Waals surface area contributed by atoms with E-state index in [1.807, 2.05) is 6.20 Å². The monoisotopic (exact) mass is 231 g/mol. The molecule has 0 unspecified atom stereocenters. The molecule has 94 valence electrons. The average molecular weight is 231 g/mol. The first-order chi connectivity index (χ1) is 8.10. The molecule has 1 nitrogen and oxygen atoms in total. The summed E-state index contributed by atoms with van der Waals surface area (Å²) < 4.78 is 0. The summed E-state index contributed by atoms with van der Waals surface area (Å²) in [4.78, 5) is 2.35. The molecule has 1 aromatic carbocycles. The van der Waals surface area contributed by atoms with Crippen LogP contribution in [0.3, 0.4) is 0 Å². The highest BCUT2D eigenvalue weighted by Crippen LogP contribution is 2.24. The van der Waals surface area contributed by atoms with Crippen molar-refractivity contribution in [2.24, 2.45) is 0 Å². The van der Waals surface area contributed by atoms with Gasteiger partial charge in [0.05, 0.1) is 0 Å². The molecule has 0 spiro atoms. The molecule has 0 atom stereocenters. The van der Waals surface area contributed by atoms with E-state index < -0.39 is 0 Å². The second-order valence-corrected chi connectivity index (χ2v) is 5.21. The third kappa shape index (κ3) is 4.26. The Morgan fingerprint density at radius 1 is 1.24 bits per heavy atom. The summed E-state index contributed by atoms with van der Waals surface area (Å²) in [7, 11) is 0. The Hall–Kier alpha value is -1.24. The van der Waals surface area contributed by atoms with Gasteiger partial charge in [-0.15, -0.1) is 0 Å². The van der Waals surface area contributed by atoms with Gasteiger partial charge in [0, 0.05) is 12.1 Å². The zero-order valence-electron chi connectivity index (χ0n) is 11.4. The fourth-order valence-corrected chi connectivity index (χ4v) is 2.06. The Kier molecular flexibility index (Phi) is 5.27. The van der Waals surface area contributed by atoms with Crippen LogP contribution in [0.2, 0.25) is 0 Å². The SMILES string of the molecule is C=CN(Cc1ccccc1)C(C)(C)CCCC. The van der Waals surface area contributed by atoms with Gasteiger partial charge in [0.25, 0.3) is 0 Å². The summed E-state index contributed by atoms with van der Waals surface area (Å²) in [5.41, 5.74) is 1.53. The maximum Gasteiger partial charge on any atom is 0.0429 e. The van der Waals surface area contributed by atoms with Crippen LogP contribution in [0.4, 0.5) is 0 Å².